The molecule has 0 aliphatic carbocycles. The Balaban J connectivity index is 1.52. The molecule has 3 heterocycles. The standard InChI is InChI=1S/C29H38N8O/c1-7-13-37(6)14-12-20(4)24-17-32-25(18-31-24)26-35-27(36-38-26)29(5,19(2)3)23-10-8-21(9-11-23)22-15-33-28(30)34-16-22/h8-11,15-20H,7,12-14H2,1-6H3,(H2,30,33,34). The smallest absolute Gasteiger partial charge is 0.278 e. The van der Waals surface area contributed by atoms with Crippen LogP contribution in [0.4, 0.5) is 5.95 Å². The molecule has 3 aromatic heterocycles. The van der Waals surface area contributed by atoms with Crippen molar-refractivity contribution in [1.82, 2.24) is 35.0 Å². The van der Waals surface area contributed by atoms with Crippen molar-refractivity contribution >= 4 is 5.95 Å². The first kappa shape index (κ1) is 27.3. The van der Waals surface area contributed by atoms with Crippen LogP contribution in [0.2, 0.25) is 0 Å². The fourth-order valence-corrected chi connectivity index (χ4v) is 4.51. The third kappa shape index (κ3) is 5.88. The summed E-state index contributed by atoms with van der Waals surface area (Å²) in [5.41, 5.74) is 9.70. The maximum atomic E-state index is 5.68. The van der Waals surface area contributed by atoms with E-state index in [1.807, 2.05) is 6.20 Å². The molecule has 1 aromatic carbocycles. The first-order valence-corrected chi connectivity index (χ1v) is 13.3. The van der Waals surface area contributed by atoms with Crippen LogP contribution in [-0.4, -0.2) is 55.1 Å². The van der Waals surface area contributed by atoms with Crippen LogP contribution < -0.4 is 5.73 Å². The Hall–Kier alpha value is -3.72. The summed E-state index contributed by atoms with van der Waals surface area (Å²) in [5.74, 6) is 1.77. The number of nitrogen functional groups attached to an aromatic ring is 1. The molecule has 2 N–H and O–H groups in total. The van der Waals surface area contributed by atoms with E-state index in [0.29, 0.717) is 23.3 Å². The van der Waals surface area contributed by atoms with E-state index in [9.17, 15) is 0 Å². The Labute approximate surface area is 225 Å². The Kier molecular flexibility index (Phi) is 8.46. The van der Waals surface area contributed by atoms with Crippen molar-refractivity contribution in [3.05, 3.63) is 66.1 Å². The minimum absolute atomic E-state index is 0.207. The number of rotatable bonds is 11. The molecule has 0 bridgehead atoms. The normalized spacial score (nSPS) is 14.1. The summed E-state index contributed by atoms with van der Waals surface area (Å²) < 4.78 is 5.68. The van der Waals surface area contributed by atoms with Gasteiger partial charge in [-0.2, -0.15) is 4.98 Å². The topological polar surface area (TPSA) is 120 Å². The molecule has 0 aliphatic rings. The van der Waals surface area contributed by atoms with Gasteiger partial charge in [-0.15, -0.1) is 0 Å². The van der Waals surface area contributed by atoms with Crippen LogP contribution in [0.3, 0.4) is 0 Å². The Bertz CT molecular complexity index is 1300. The van der Waals surface area contributed by atoms with E-state index in [4.69, 9.17) is 15.2 Å². The second-order valence-corrected chi connectivity index (χ2v) is 10.5. The van der Waals surface area contributed by atoms with Gasteiger partial charge in [0, 0.05) is 30.1 Å². The number of hydrogen-bond donors (Lipinski definition) is 1. The van der Waals surface area contributed by atoms with Crippen molar-refractivity contribution in [3.63, 3.8) is 0 Å². The minimum Gasteiger partial charge on any atom is -0.368 e. The third-order valence-electron chi connectivity index (χ3n) is 7.48. The molecule has 4 rings (SSSR count). The lowest BCUT2D eigenvalue weighted by Crippen LogP contribution is -2.31. The second-order valence-electron chi connectivity index (χ2n) is 10.5. The maximum absolute atomic E-state index is 5.68. The van der Waals surface area contributed by atoms with Crippen molar-refractivity contribution < 1.29 is 4.52 Å². The molecule has 0 fully saturated rings. The predicted molar refractivity (Wildman–Crippen MR) is 149 cm³/mol. The van der Waals surface area contributed by atoms with Crippen LogP contribution in [0.25, 0.3) is 22.7 Å². The molecule has 4 aromatic rings. The molecule has 9 nitrogen and oxygen atoms in total. The largest absolute Gasteiger partial charge is 0.368 e. The van der Waals surface area contributed by atoms with Gasteiger partial charge in [-0.05, 0) is 56.9 Å². The van der Waals surface area contributed by atoms with Crippen LogP contribution in [0.15, 0.2) is 53.6 Å². The molecule has 2 atom stereocenters. The molecular formula is C29H38N8O. The van der Waals surface area contributed by atoms with Crippen molar-refractivity contribution in [2.45, 2.75) is 58.8 Å². The zero-order valence-electron chi connectivity index (χ0n) is 23.2. The molecule has 0 saturated heterocycles. The van der Waals surface area contributed by atoms with Crippen LogP contribution in [0, 0.1) is 5.92 Å². The zero-order chi connectivity index (χ0) is 27.3. The van der Waals surface area contributed by atoms with Crippen molar-refractivity contribution in [2.24, 2.45) is 5.92 Å². The van der Waals surface area contributed by atoms with Gasteiger partial charge in [-0.25, -0.2) is 15.0 Å². The summed E-state index contributed by atoms with van der Waals surface area (Å²) >= 11 is 0. The molecule has 38 heavy (non-hydrogen) atoms. The van der Waals surface area contributed by atoms with E-state index in [-0.39, 0.29) is 11.9 Å². The van der Waals surface area contributed by atoms with Gasteiger partial charge < -0.3 is 15.2 Å². The van der Waals surface area contributed by atoms with Crippen molar-refractivity contribution in [2.75, 3.05) is 25.9 Å². The lowest BCUT2D eigenvalue weighted by atomic mass is 9.72. The van der Waals surface area contributed by atoms with Gasteiger partial charge in [0.1, 0.15) is 5.69 Å². The van der Waals surface area contributed by atoms with E-state index >= 15 is 0 Å². The summed E-state index contributed by atoms with van der Waals surface area (Å²) in [4.78, 5) is 24.6. The van der Waals surface area contributed by atoms with Crippen LogP contribution in [-0.2, 0) is 5.41 Å². The highest BCUT2D eigenvalue weighted by Gasteiger charge is 2.37. The SMILES string of the molecule is CCCN(C)CCC(C)c1cnc(-c2nc(C(C)(c3ccc(-c4cnc(N)nc4)cc3)C(C)C)no2)cn1. The highest BCUT2D eigenvalue weighted by molar-refractivity contribution is 5.62. The van der Waals surface area contributed by atoms with Crippen LogP contribution in [0.1, 0.15) is 70.5 Å². The molecule has 0 saturated carbocycles. The van der Waals surface area contributed by atoms with E-state index in [2.05, 4.69) is 95.9 Å². The average molecular weight is 515 g/mol. The van der Waals surface area contributed by atoms with Crippen molar-refractivity contribution in [1.29, 1.82) is 0 Å². The summed E-state index contributed by atoms with van der Waals surface area (Å²) in [6.07, 6.45) is 9.20. The van der Waals surface area contributed by atoms with E-state index < -0.39 is 5.41 Å². The summed E-state index contributed by atoms with van der Waals surface area (Å²) in [5, 5.41) is 4.38. The summed E-state index contributed by atoms with van der Waals surface area (Å²) in [6, 6.07) is 8.29. The predicted octanol–water partition coefficient (Wildman–Crippen LogP) is 5.36. The minimum atomic E-state index is -0.468. The summed E-state index contributed by atoms with van der Waals surface area (Å²) in [6.45, 7) is 13.0. The number of anilines is 1. The van der Waals surface area contributed by atoms with Gasteiger partial charge in [0.25, 0.3) is 5.89 Å². The first-order valence-electron chi connectivity index (χ1n) is 13.3. The van der Waals surface area contributed by atoms with Crippen LogP contribution >= 0.6 is 0 Å². The van der Waals surface area contributed by atoms with Gasteiger partial charge in [0.2, 0.25) is 5.95 Å². The number of nitrogens with two attached hydrogens (primary N) is 1. The van der Waals surface area contributed by atoms with Gasteiger partial charge in [0.05, 0.1) is 17.3 Å². The molecule has 0 spiro atoms. The first-order chi connectivity index (χ1) is 18.2. The van der Waals surface area contributed by atoms with Crippen LogP contribution in [0.5, 0.6) is 0 Å². The van der Waals surface area contributed by atoms with Crippen molar-refractivity contribution in [3.8, 4) is 22.7 Å². The van der Waals surface area contributed by atoms with Gasteiger partial charge >= 0.3 is 0 Å². The van der Waals surface area contributed by atoms with Gasteiger partial charge in [0.15, 0.2) is 5.82 Å². The number of benzene rings is 1. The Morgan fingerprint density at radius 2 is 1.63 bits per heavy atom. The number of hydrogen-bond acceptors (Lipinski definition) is 9. The third-order valence-corrected chi connectivity index (χ3v) is 7.48. The fraction of sp³-hybridized carbons (Fsp3) is 0.448. The zero-order valence-corrected chi connectivity index (χ0v) is 23.2. The molecule has 2 unspecified atom stereocenters. The molecule has 0 aliphatic heterocycles. The molecule has 0 amide bonds. The Morgan fingerprint density at radius 3 is 2.24 bits per heavy atom. The van der Waals surface area contributed by atoms with Gasteiger partial charge in [-0.1, -0.05) is 57.1 Å². The molecular weight excluding hydrogens is 476 g/mol. The molecule has 200 valence electrons. The van der Waals surface area contributed by atoms with E-state index in [0.717, 1.165) is 48.3 Å². The quantitative estimate of drug-likeness (QED) is 0.282. The molecule has 9 heteroatoms. The molecule has 0 radical (unpaired) electrons. The maximum Gasteiger partial charge on any atom is 0.278 e. The highest BCUT2D eigenvalue weighted by Crippen LogP contribution is 2.38. The average Bonchev–Trinajstić information content (AvgIpc) is 3.43. The van der Waals surface area contributed by atoms with Gasteiger partial charge in [-0.3, -0.25) is 4.98 Å². The number of nitrogens with zero attached hydrogens (tertiary/aromatic N) is 7. The van der Waals surface area contributed by atoms with E-state index in [1.165, 1.54) is 0 Å². The highest BCUT2D eigenvalue weighted by atomic mass is 16.5. The van der Waals surface area contributed by atoms with E-state index in [1.54, 1.807) is 18.6 Å². The summed E-state index contributed by atoms with van der Waals surface area (Å²) in [7, 11) is 2.16. The lowest BCUT2D eigenvalue weighted by Gasteiger charge is -2.31. The fourth-order valence-electron chi connectivity index (χ4n) is 4.51. The Morgan fingerprint density at radius 1 is 0.921 bits per heavy atom. The number of aromatic nitrogens is 6. The lowest BCUT2D eigenvalue weighted by molar-refractivity contribution is 0.320. The second kappa shape index (κ2) is 11.8. The monoisotopic (exact) mass is 514 g/mol.